The van der Waals surface area contributed by atoms with E-state index in [1.54, 1.807) is 12.1 Å². The molecule has 0 radical (unpaired) electrons. The molecule has 7 heteroatoms. The van der Waals surface area contributed by atoms with Gasteiger partial charge in [0, 0.05) is 27.7 Å². The zero-order valence-electron chi connectivity index (χ0n) is 12.8. The highest BCUT2D eigenvalue weighted by molar-refractivity contribution is 6.35. The fourth-order valence-electron chi connectivity index (χ4n) is 3.49. The van der Waals surface area contributed by atoms with E-state index in [9.17, 15) is 4.79 Å². The van der Waals surface area contributed by atoms with E-state index >= 15 is 0 Å². The molecule has 25 heavy (non-hydrogen) atoms. The largest absolute Gasteiger partial charge is 0.456 e. The molecule has 1 atom stereocenters. The molecule has 0 saturated heterocycles. The van der Waals surface area contributed by atoms with Crippen LogP contribution in [0.1, 0.15) is 17.0 Å². The van der Waals surface area contributed by atoms with Crippen LogP contribution >= 0.6 is 23.2 Å². The Balaban J connectivity index is 1.76. The minimum absolute atomic E-state index is 0.180. The van der Waals surface area contributed by atoms with E-state index in [0.29, 0.717) is 27.1 Å². The molecule has 5 nitrogen and oxygen atoms in total. The lowest BCUT2D eigenvalue weighted by molar-refractivity contribution is -0.136. The number of hydrogen-bond acceptors (Lipinski definition) is 5. The molecule has 3 aliphatic heterocycles. The third-order valence-corrected chi connectivity index (χ3v) is 5.16. The topological polar surface area (TPSA) is 56.8 Å². The second kappa shape index (κ2) is 5.31. The van der Waals surface area contributed by atoms with Gasteiger partial charge >= 0.3 is 5.97 Å². The first-order chi connectivity index (χ1) is 12.1. The van der Waals surface area contributed by atoms with Gasteiger partial charge in [-0.1, -0.05) is 29.3 Å². The van der Waals surface area contributed by atoms with Crippen molar-refractivity contribution in [3.63, 3.8) is 0 Å². The molecule has 0 bridgehead atoms. The van der Waals surface area contributed by atoms with Crippen molar-refractivity contribution in [1.29, 1.82) is 0 Å². The van der Waals surface area contributed by atoms with Crippen LogP contribution in [0, 0.1) is 0 Å². The van der Waals surface area contributed by atoms with Crippen molar-refractivity contribution < 1.29 is 19.0 Å². The minimum Gasteiger partial charge on any atom is -0.456 e. The third kappa shape index (κ3) is 2.19. The molecule has 0 saturated carbocycles. The Morgan fingerprint density at radius 3 is 2.60 bits per heavy atom. The summed E-state index contributed by atoms with van der Waals surface area (Å²) >= 11 is 12.5. The van der Waals surface area contributed by atoms with Crippen LogP contribution in [-0.4, -0.2) is 19.4 Å². The van der Waals surface area contributed by atoms with Crippen LogP contribution in [0.5, 0.6) is 11.5 Å². The van der Waals surface area contributed by atoms with Gasteiger partial charge in [0.2, 0.25) is 6.79 Å². The van der Waals surface area contributed by atoms with Gasteiger partial charge in [0.25, 0.3) is 0 Å². The summed E-state index contributed by atoms with van der Waals surface area (Å²) in [5, 5.41) is 4.31. The molecule has 1 N–H and O–H groups in total. The molecule has 3 aliphatic rings. The van der Waals surface area contributed by atoms with Crippen LogP contribution < -0.4 is 14.8 Å². The van der Waals surface area contributed by atoms with E-state index in [2.05, 4.69) is 5.32 Å². The van der Waals surface area contributed by atoms with E-state index in [-0.39, 0.29) is 25.3 Å². The van der Waals surface area contributed by atoms with Gasteiger partial charge in [0.05, 0.1) is 11.3 Å². The van der Waals surface area contributed by atoms with Crippen LogP contribution in [0.15, 0.2) is 41.6 Å². The van der Waals surface area contributed by atoms with Crippen molar-refractivity contribution in [1.82, 2.24) is 0 Å². The number of esters is 1. The fourth-order valence-corrected chi connectivity index (χ4v) is 4.01. The summed E-state index contributed by atoms with van der Waals surface area (Å²) in [6.07, 6.45) is 0. The first kappa shape index (κ1) is 14.9. The Hall–Kier alpha value is -2.37. The highest BCUT2D eigenvalue weighted by Crippen LogP contribution is 2.50. The van der Waals surface area contributed by atoms with Crippen molar-refractivity contribution >= 4 is 34.9 Å². The lowest BCUT2D eigenvalue weighted by atomic mass is 9.81. The number of benzene rings is 2. The predicted octanol–water partition coefficient (Wildman–Crippen LogP) is 4.09. The highest BCUT2D eigenvalue weighted by atomic mass is 35.5. The van der Waals surface area contributed by atoms with E-state index in [4.69, 9.17) is 37.4 Å². The summed E-state index contributed by atoms with van der Waals surface area (Å²) in [4.78, 5) is 12.4. The fraction of sp³-hybridized carbons (Fsp3) is 0.167. The van der Waals surface area contributed by atoms with Crippen LogP contribution in [-0.2, 0) is 9.53 Å². The summed E-state index contributed by atoms with van der Waals surface area (Å²) in [6.45, 7) is 0.392. The van der Waals surface area contributed by atoms with Crippen molar-refractivity contribution in [3.05, 3.63) is 62.8 Å². The van der Waals surface area contributed by atoms with Gasteiger partial charge in [-0.3, -0.25) is 0 Å². The molecular weight excluding hydrogens is 365 g/mol. The summed E-state index contributed by atoms with van der Waals surface area (Å²) in [7, 11) is 0. The van der Waals surface area contributed by atoms with Crippen LogP contribution in [0.2, 0.25) is 10.0 Å². The molecule has 126 valence electrons. The second-order valence-corrected chi connectivity index (χ2v) is 6.83. The maximum atomic E-state index is 12.4. The first-order valence-electron chi connectivity index (χ1n) is 7.67. The van der Waals surface area contributed by atoms with Gasteiger partial charge in [-0.05, 0) is 29.3 Å². The zero-order valence-corrected chi connectivity index (χ0v) is 14.3. The summed E-state index contributed by atoms with van der Waals surface area (Å²) < 4.78 is 16.2. The summed E-state index contributed by atoms with van der Waals surface area (Å²) in [5.41, 5.74) is 3.82. The lowest BCUT2D eigenvalue weighted by Gasteiger charge is -2.28. The lowest BCUT2D eigenvalue weighted by Crippen LogP contribution is -2.20. The zero-order chi connectivity index (χ0) is 17.1. The van der Waals surface area contributed by atoms with Gasteiger partial charge in [-0.25, -0.2) is 4.79 Å². The smallest absolute Gasteiger partial charge is 0.337 e. The van der Waals surface area contributed by atoms with E-state index in [0.717, 1.165) is 22.5 Å². The van der Waals surface area contributed by atoms with Crippen LogP contribution in [0.25, 0.3) is 0 Å². The number of rotatable bonds is 1. The number of nitrogens with one attached hydrogen (secondary N) is 1. The third-order valence-electron chi connectivity index (χ3n) is 4.60. The van der Waals surface area contributed by atoms with Gasteiger partial charge in [0.1, 0.15) is 6.61 Å². The molecule has 2 aromatic carbocycles. The normalized spacial score (nSPS) is 20.1. The standard InChI is InChI=1S/C18H11Cl2NO4/c19-8-1-2-9(11(20)3-8)16-10-4-14-15(25-7-24-14)5-12(10)21-13-6-23-18(22)17(13)16/h1-5,16,21H,6-7H2/t16-/m1/s1. The molecule has 0 amide bonds. The predicted molar refractivity (Wildman–Crippen MR) is 92.5 cm³/mol. The Kier molecular flexibility index (Phi) is 3.17. The van der Waals surface area contributed by atoms with Crippen LogP contribution in [0.4, 0.5) is 5.69 Å². The van der Waals surface area contributed by atoms with Crippen LogP contribution in [0.3, 0.4) is 0 Å². The maximum absolute atomic E-state index is 12.4. The number of carbonyl (C=O) groups excluding carboxylic acids is 1. The van der Waals surface area contributed by atoms with Crippen molar-refractivity contribution in [2.75, 3.05) is 18.7 Å². The monoisotopic (exact) mass is 375 g/mol. The Labute approximate surface area is 153 Å². The molecule has 0 aliphatic carbocycles. The number of carbonyl (C=O) groups is 1. The van der Waals surface area contributed by atoms with Gasteiger partial charge < -0.3 is 19.5 Å². The van der Waals surface area contributed by atoms with Crippen molar-refractivity contribution in [2.24, 2.45) is 0 Å². The molecular formula is C18H11Cl2NO4. The average molecular weight is 376 g/mol. The number of cyclic esters (lactones) is 1. The Morgan fingerprint density at radius 1 is 1.00 bits per heavy atom. The molecule has 2 aromatic rings. The Bertz CT molecular complexity index is 970. The van der Waals surface area contributed by atoms with Gasteiger partial charge in [-0.2, -0.15) is 0 Å². The minimum atomic E-state index is -0.361. The number of fused-ring (bicyclic) bond motifs is 2. The maximum Gasteiger partial charge on any atom is 0.337 e. The van der Waals surface area contributed by atoms with Crippen molar-refractivity contribution in [3.8, 4) is 11.5 Å². The molecule has 5 rings (SSSR count). The average Bonchev–Trinajstić information content (AvgIpc) is 3.18. The first-order valence-corrected chi connectivity index (χ1v) is 8.43. The number of ether oxygens (including phenoxy) is 3. The van der Waals surface area contributed by atoms with E-state index < -0.39 is 0 Å². The molecule has 0 aromatic heterocycles. The molecule has 0 spiro atoms. The van der Waals surface area contributed by atoms with Gasteiger partial charge in [0.15, 0.2) is 11.5 Å². The van der Waals surface area contributed by atoms with E-state index in [1.165, 1.54) is 0 Å². The molecule has 0 unspecified atom stereocenters. The SMILES string of the molecule is O=C1OCC2=C1[C@H](c1ccc(Cl)cc1Cl)c1cc3c(cc1N2)OCO3. The van der Waals surface area contributed by atoms with Gasteiger partial charge in [-0.15, -0.1) is 0 Å². The highest BCUT2D eigenvalue weighted by Gasteiger charge is 2.40. The second-order valence-electron chi connectivity index (χ2n) is 5.98. The molecule has 0 fully saturated rings. The molecule has 3 heterocycles. The number of hydrogen-bond donors (Lipinski definition) is 1. The quantitative estimate of drug-likeness (QED) is 0.760. The number of anilines is 1. The summed E-state index contributed by atoms with van der Waals surface area (Å²) in [5.74, 6) is 0.606. The van der Waals surface area contributed by atoms with Crippen molar-refractivity contribution in [2.45, 2.75) is 5.92 Å². The summed E-state index contributed by atoms with van der Waals surface area (Å²) in [6, 6.07) is 9.04. The Morgan fingerprint density at radius 2 is 1.80 bits per heavy atom. The number of halogens is 2. The van der Waals surface area contributed by atoms with E-state index in [1.807, 2.05) is 18.2 Å².